The Kier molecular flexibility index (Phi) is 7.28. The van der Waals surface area contributed by atoms with Crippen LogP contribution in [0.1, 0.15) is 42.1 Å². The minimum Gasteiger partial charge on any atom is -0.330 e. The highest BCUT2D eigenvalue weighted by Gasteiger charge is 2.30. The summed E-state index contributed by atoms with van der Waals surface area (Å²) in [6.07, 6.45) is 6.62. The highest BCUT2D eigenvalue weighted by atomic mass is 15.2. The number of nitrogens with one attached hydrogen (secondary N) is 1. The first-order chi connectivity index (χ1) is 14.3. The van der Waals surface area contributed by atoms with Gasteiger partial charge in [-0.15, -0.1) is 0 Å². The van der Waals surface area contributed by atoms with E-state index in [1.807, 2.05) is 6.20 Å². The molecule has 1 saturated heterocycles. The van der Waals surface area contributed by atoms with Crippen LogP contribution in [0.25, 0.3) is 0 Å². The van der Waals surface area contributed by atoms with Gasteiger partial charge < -0.3 is 11.1 Å². The Labute approximate surface area is 175 Å². The zero-order valence-electron chi connectivity index (χ0n) is 17.5. The molecule has 2 aliphatic rings. The van der Waals surface area contributed by atoms with E-state index >= 15 is 0 Å². The summed E-state index contributed by atoms with van der Waals surface area (Å²) >= 11 is 0. The number of pyridine rings is 1. The fourth-order valence-electron chi connectivity index (χ4n) is 4.89. The van der Waals surface area contributed by atoms with E-state index in [1.165, 1.54) is 29.7 Å². The number of aromatic nitrogens is 1. The SMILES string of the molecule is NCCCN(C[C@@H]1CN(Cc2ccccc2)CCN1)[C@H]1CCCc2cccnc21. The van der Waals surface area contributed by atoms with Crippen molar-refractivity contribution in [2.24, 2.45) is 5.73 Å². The minimum atomic E-state index is 0.429. The van der Waals surface area contributed by atoms with Crippen LogP contribution in [0.15, 0.2) is 48.7 Å². The fraction of sp³-hybridized carbons (Fsp3) is 0.542. The predicted molar refractivity (Wildman–Crippen MR) is 119 cm³/mol. The van der Waals surface area contributed by atoms with E-state index in [9.17, 15) is 0 Å². The van der Waals surface area contributed by atoms with Crippen LogP contribution < -0.4 is 11.1 Å². The molecule has 2 heterocycles. The third-order valence-electron chi connectivity index (χ3n) is 6.30. The maximum Gasteiger partial charge on any atom is 0.0607 e. The minimum absolute atomic E-state index is 0.429. The van der Waals surface area contributed by atoms with Gasteiger partial charge in [0.05, 0.1) is 11.7 Å². The Morgan fingerprint density at radius 2 is 2.07 bits per heavy atom. The van der Waals surface area contributed by atoms with Crippen molar-refractivity contribution >= 4 is 0 Å². The normalized spacial score (nSPS) is 22.6. The summed E-state index contributed by atoms with van der Waals surface area (Å²) in [7, 11) is 0. The third-order valence-corrected chi connectivity index (χ3v) is 6.30. The standard InChI is InChI=1S/C24H35N5/c25-12-6-15-29(23-11-4-9-21-10-5-13-27-24(21)23)19-22-18-28(16-14-26-22)17-20-7-2-1-3-8-20/h1-3,5,7-8,10,13,22-23,26H,4,6,9,11-12,14-19,25H2/t22-,23-/m0/s1. The van der Waals surface area contributed by atoms with Crippen LogP contribution in [0.5, 0.6) is 0 Å². The lowest BCUT2D eigenvalue weighted by atomic mass is 9.90. The molecule has 0 unspecified atom stereocenters. The molecule has 1 fully saturated rings. The van der Waals surface area contributed by atoms with Gasteiger partial charge in [-0.05, 0) is 49.4 Å². The molecular weight excluding hydrogens is 358 g/mol. The average molecular weight is 394 g/mol. The van der Waals surface area contributed by atoms with Crippen LogP contribution in [0, 0.1) is 0 Å². The average Bonchev–Trinajstić information content (AvgIpc) is 2.77. The number of hydrogen-bond donors (Lipinski definition) is 2. The Bertz CT molecular complexity index is 750. The summed E-state index contributed by atoms with van der Waals surface area (Å²) in [6, 6.07) is 16.1. The van der Waals surface area contributed by atoms with Gasteiger partial charge in [-0.25, -0.2) is 0 Å². The van der Waals surface area contributed by atoms with Gasteiger partial charge in [0, 0.05) is 51.5 Å². The van der Waals surface area contributed by atoms with Gasteiger partial charge >= 0.3 is 0 Å². The first-order valence-corrected chi connectivity index (χ1v) is 11.2. The van der Waals surface area contributed by atoms with E-state index in [4.69, 9.17) is 10.7 Å². The molecule has 0 amide bonds. The Morgan fingerprint density at radius 3 is 2.93 bits per heavy atom. The van der Waals surface area contributed by atoms with Crippen molar-refractivity contribution in [3.05, 3.63) is 65.5 Å². The van der Waals surface area contributed by atoms with Gasteiger partial charge in [0.1, 0.15) is 0 Å². The lowest BCUT2D eigenvalue weighted by Crippen LogP contribution is -2.55. The zero-order valence-corrected chi connectivity index (χ0v) is 17.5. The number of nitrogens with two attached hydrogens (primary N) is 1. The monoisotopic (exact) mass is 393 g/mol. The van der Waals surface area contributed by atoms with E-state index < -0.39 is 0 Å². The smallest absolute Gasteiger partial charge is 0.0607 e. The molecule has 0 bridgehead atoms. The second-order valence-electron chi connectivity index (χ2n) is 8.46. The van der Waals surface area contributed by atoms with Crippen molar-refractivity contribution in [3.8, 4) is 0 Å². The number of rotatable bonds is 8. The molecule has 3 N–H and O–H groups in total. The molecule has 2 atom stereocenters. The van der Waals surface area contributed by atoms with Crippen LogP contribution in [0.2, 0.25) is 0 Å². The molecule has 5 nitrogen and oxygen atoms in total. The van der Waals surface area contributed by atoms with Gasteiger partial charge in [0.15, 0.2) is 0 Å². The maximum absolute atomic E-state index is 5.88. The number of piperazine rings is 1. The molecule has 156 valence electrons. The van der Waals surface area contributed by atoms with Gasteiger partial charge in [0.25, 0.3) is 0 Å². The number of nitrogens with zero attached hydrogens (tertiary/aromatic N) is 3. The molecule has 4 rings (SSSR count). The Balaban J connectivity index is 1.43. The highest BCUT2D eigenvalue weighted by molar-refractivity contribution is 5.25. The van der Waals surface area contributed by atoms with Crippen molar-refractivity contribution in [3.63, 3.8) is 0 Å². The molecule has 1 aliphatic carbocycles. The lowest BCUT2D eigenvalue weighted by Gasteiger charge is -2.40. The summed E-state index contributed by atoms with van der Waals surface area (Å²) in [5.41, 5.74) is 10.0. The summed E-state index contributed by atoms with van der Waals surface area (Å²) < 4.78 is 0. The van der Waals surface area contributed by atoms with Crippen molar-refractivity contribution < 1.29 is 0 Å². The van der Waals surface area contributed by atoms with Gasteiger partial charge in [0.2, 0.25) is 0 Å². The van der Waals surface area contributed by atoms with Crippen molar-refractivity contribution in [2.45, 2.75) is 44.3 Å². The number of hydrogen-bond acceptors (Lipinski definition) is 5. The molecule has 1 aromatic heterocycles. The Morgan fingerprint density at radius 1 is 1.17 bits per heavy atom. The molecule has 1 aromatic carbocycles. The van der Waals surface area contributed by atoms with E-state index in [0.717, 1.165) is 58.7 Å². The van der Waals surface area contributed by atoms with Crippen LogP contribution >= 0.6 is 0 Å². The molecule has 29 heavy (non-hydrogen) atoms. The van der Waals surface area contributed by atoms with Crippen LogP contribution in [-0.4, -0.2) is 60.1 Å². The molecule has 1 aliphatic heterocycles. The fourth-order valence-corrected chi connectivity index (χ4v) is 4.89. The van der Waals surface area contributed by atoms with Crippen molar-refractivity contribution in [1.82, 2.24) is 20.1 Å². The third kappa shape index (κ3) is 5.43. The van der Waals surface area contributed by atoms with Gasteiger partial charge in [-0.3, -0.25) is 14.8 Å². The van der Waals surface area contributed by atoms with Gasteiger partial charge in [-0.1, -0.05) is 36.4 Å². The second-order valence-corrected chi connectivity index (χ2v) is 8.46. The van der Waals surface area contributed by atoms with Gasteiger partial charge in [-0.2, -0.15) is 0 Å². The largest absolute Gasteiger partial charge is 0.330 e. The molecule has 0 radical (unpaired) electrons. The summed E-state index contributed by atoms with van der Waals surface area (Å²) in [5.74, 6) is 0. The number of benzene rings is 1. The van der Waals surface area contributed by atoms with E-state index in [2.05, 4.69) is 57.6 Å². The Hall–Kier alpha value is -1.79. The quantitative estimate of drug-likeness (QED) is 0.722. The van der Waals surface area contributed by atoms with E-state index in [1.54, 1.807) is 0 Å². The topological polar surface area (TPSA) is 57.4 Å². The molecule has 5 heteroatoms. The van der Waals surface area contributed by atoms with Crippen LogP contribution in [0.3, 0.4) is 0 Å². The summed E-state index contributed by atoms with van der Waals surface area (Å²) in [5, 5.41) is 3.77. The number of aryl methyl sites for hydroxylation is 1. The van der Waals surface area contributed by atoms with Crippen molar-refractivity contribution in [1.29, 1.82) is 0 Å². The predicted octanol–water partition coefficient (Wildman–Crippen LogP) is 2.58. The van der Waals surface area contributed by atoms with E-state index in [-0.39, 0.29) is 0 Å². The number of fused-ring (bicyclic) bond motifs is 1. The summed E-state index contributed by atoms with van der Waals surface area (Å²) in [6.45, 7) is 7.16. The second kappa shape index (κ2) is 10.3. The molecule has 0 spiro atoms. The lowest BCUT2D eigenvalue weighted by molar-refractivity contribution is 0.117. The highest BCUT2D eigenvalue weighted by Crippen LogP contribution is 2.33. The first-order valence-electron chi connectivity index (χ1n) is 11.2. The maximum atomic E-state index is 5.88. The van der Waals surface area contributed by atoms with Crippen LogP contribution in [0.4, 0.5) is 0 Å². The molecule has 0 saturated carbocycles. The van der Waals surface area contributed by atoms with Crippen LogP contribution in [-0.2, 0) is 13.0 Å². The first kappa shape index (κ1) is 20.5. The zero-order chi connectivity index (χ0) is 19.9. The molecule has 2 aromatic rings. The molecular formula is C24H35N5. The van der Waals surface area contributed by atoms with E-state index in [0.29, 0.717) is 12.1 Å². The summed E-state index contributed by atoms with van der Waals surface area (Å²) in [4.78, 5) is 10.0. The van der Waals surface area contributed by atoms with Crippen molar-refractivity contribution in [2.75, 3.05) is 39.3 Å².